The van der Waals surface area contributed by atoms with Gasteiger partial charge in [-0.1, -0.05) is 32.9 Å². The Bertz CT molecular complexity index is 932. The van der Waals surface area contributed by atoms with E-state index in [1.807, 2.05) is 59.7 Å². The maximum Gasteiger partial charge on any atom is 1.00 e. The first-order chi connectivity index (χ1) is 15.5. The third kappa shape index (κ3) is 8.70. The molecule has 0 aliphatic rings. The van der Waals surface area contributed by atoms with E-state index in [0.717, 1.165) is 22.0 Å². The Hall–Kier alpha value is -1.34. The molecule has 34 heavy (non-hydrogen) atoms. The average molecular weight is 482 g/mol. The zero-order valence-corrected chi connectivity index (χ0v) is 23.5. The van der Waals surface area contributed by atoms with E-state index in [4.69, 9.17) is 18.9 Å². The molecule has 3 unspecified atom stereocenters. The Kier molecular flexibility index (Phi) is 12.3. The molecule has 0 radical (unpaired) electrons. The molecule has 2 aromatic carbocycles. The van der Waals surface area contributed by atoms with Crippen molar-refractivity contribution in [1.82, 2.24) is 0 Å². The Morgan fingerprint density at radius 1 is 0.912 bits per heavy atom. The van der Waals surface area contributed by atoms with E-state index in [0.29, 0.717) is 24.7 Å². The molecule has 2 rings (SSSR count). The molecule has 0 aliphatic heterocycles. The van der Waals surface area contributed by atoms with Crippen LogP contribution in [0.25, 0.3) is 0 Å². The molecular weight excluding hydrogens is 442 g/mol. The van der Waals surface area contributed by atoms with Crippen LogP contribution >= 0.6 is 8.58 Å². The van der Waals surface area contributed by atoms with Crippen molar-refractivity contribution < 1.29 is 42.6 Å². The monoisotopic (exact) mass is 481 g/mol. The maximum atomic E-state index is 13.4. The summed E-state index contributed by atoms with van der Waals surface area (Å²) in [6.45, 7) is 19.2. The predicted octanol–water partition coefficient (Wildman–Crippen LogP) is 3.27. The van der Waals surface area contributed by atoms with E-state index in [1.54, 1.807) is 0 Å². The van der Waals surface area contributed by atoms with Crippen LogP contribution in [0.5, 0.6) is 11.5 Å². The van der Waals surface area contributed by atoms with Gasteiger partial charge in [0, 0.05) is 30.1 Å². The van der Waals surface area contributed by atoms with E-state index in [-0.39, 0.29) is 44.7 Å². The van der Waals surface area contributed by atoms with Gasteiger partial charge in [-0.25, -0.2) is 0 Å². The van der Waals surface area contributed by atoms with Crippen molar-refractivity contribution in [3.05, 3.63) is 52.6 Å². The van der Waals surface area contributed by atoms with Gasteiger partial charge in [-0.2, -0.15) is 0 Å². The van der Waals surface area contributed by atoms with Crippen molar-refractivity contribution >= 4 is 19.4 Å². The summed E-state index contributed by atoms with van der Waals surface area (Å²) in [7, 11) is -0.0813. The van der Waals surface area contributed by atoms with Crippen LogP contribution in [0.4, 0.5) is 0 Å². The minimum atomic E-state index is -0.442. The molecule has 0 fully saturated rings. The van der Waals surface area contributed by atoms with Gasteiger partial charge in [0.15, 0.2) is 18.1 Å². The van der Waals surface area contributed by atoms with Gasteiger partial charge < -0.3 is 18.9 Å². The van der Waals surface area contributed by atoms with Gasteiger partial charge >= 0.3 is 18.9 Å². The van der Waals surface area contributed by atoms with Crippen LogP contribution in [0.3, 0.4) is 0 Å². The molecule has 5 nitrogen and oxygen atoms in total. The van der Waals surface area contributed by atoms with Crippen LogP contribution in [0.15, 0.2) is 30.3 Å². The van der Waals surface area contributed by atoms with Crippen LogP contribution in [0.1, 0.15) is 75.5 Å². The summed E-state index contributed by atoms with van der Waals surface area (Å²) in [5, 5.41) is 0.821. The maximum absolute atomic E-state index is 13.4. The van der Waals surface area contributed by atoms with Crippen molar-refractivity contribution in [2.24, 2.45) is 0 Å². The van der Waals surface area contributed by atoms with Gasteiger partial charge in [0.25, 0.3) is 0 Å². The largest absolute Gasteiger partial charge is 1.00 e. The SMILES string of the molecule is CCOC(C)Oc1ccc(PC(=O)c2c(C)cc(C(C)(C)C)cc2C)c(OC(C)OCC)c1.[Li+]. The Morgan fingerprint density at radius 2 is 1.44 bits per heavy atom. The van der Waals surface area contributed by atoms with Crippen molar-refractivity contribution in [3.63, 3.8) is 0 Å². The summed E-state index contributed by atoms with van der Waals surface area (Å²) in [4.78, 5) is 13.4. The molecule has 0 amide bonds. The van der Waals surface area contributed by atoms with Gasteiger partial charge in [-0.15, -0.1) is 0 Å². The van der Waals surface area contributed by atoms with E-state index < -0.39 is 6.29 Å². The Morgan fingerprint density at radius 3 is 1.94 bits per heavy atom. The first-order valence-electron chi connectivity index (χ1n) is 11.6. The van der Waals surface area contributed by atoms with E-state index in [2.05, 4.69) is 32.9 Å². The van der Waals surface area contributed by atoms with Crippen molar-refractivity contribution in [2.45, 2.75) is 80.3 Å². The van der Waals surface area contributed by atoms with Crippen LogP contribution in [-0.4, -0.2) is 31.3 Å². The zero-order valence-electron chi connectivity index (χ0n) is 22.5. The van der Waals surface area contributed by atoms with Crippen molar-refractivity contribution in [2.75, 3.05) is 13.2 Å². The molecule has 7 heteroatoms. The number of rotatable bonds is 11. The molecular formula is C27H39LiO5P+. The number of hydrogen-bond acceptors (Lipinski definition) is 5. The third-order valence-corrected chi connectivity index (χ3v) is 6.38. The van der Waals surface area contributed by atoms with E-state index >= 15 is 0 Å². The standard InChI is InChI=1S/C27H39O5P.Li/c1-10-29-19(5)31-22-12-13-24(23(16-22)32-20(6)30-11-2)33-26(28)25-17(3)14-21(15-18(25)4)27(7,8)9;/h12-16,19-20,33H,10-11H2,1-9H3;/q;+1. The van der Waals surface area contributed by atoms with Crippen molar-refractivity contribution in [3.8, 4) is 11.5 Å². The normalized spacial score (nSPS) is 13.4. The molecule has 0 bridgehead atoms. The fourth-order valence-corrected chi connectivity index (χ4v) is 4.81. The summed E-state index contributed by atoms with van der Waals surface area (Å²) < 4.78 is 22.9. The summed E-state index contributed by atoms with van der Waals surface area (Å²) in [5.74, 6) is 1.21. The molecule has 0 spiro atoms. The molecule has 0 saturated carbocycles. The molecule has 182 valence electrons. The number of carbonyl (C=O) groups excluding carboxylic acids is 1. The van der Waals surface area contributed by atoms with Crippen molar-refractivity contribution in [1.29, 1.82) is 0 Å². The average Bonchev–Trinajstić information content (AvgIpc) is 2.69. The Balaban J connectivity index is 0.00000578. The van der Waals surface area contributed by atoms with Gasteiger partial charge in [-0.3, -0.25) is 4.79 Å². The van der Waals surface area contributed by atoms with Gasteiger partial charge in [0.1, 0.15) is 11.5 Å². The second kappa shape index (κ2) is 13.7. The molecule has 3 atom stereocenters. The fourth-order valence-electron chi connectivity index (χ4n) is 3.62. The number of ether oxygens (including phenoxy) is 4. The third-order valence-electron chi connectivity index (χ3n) is 5.22. The topological polar surface area (TPSA) is 54.0 Å². The number of carbonyl (C=O) groups is 1. The molecule has 0 saturated heterocycles. The summed E-state index contributed by atoms with van der Waals surface area (Å²) in [6, 6.07) is 9.82. The minimum Gasteiger partial charge on any atom is -0.465 e. The second-order valence-corrected chi connectivity index (χ2v) is 10.4. The second-order valence-electron chi connectivity index (χ2n) is 9.13. The summed E-state index contributed by atoms with van der Waals surface area (Å²) in [5.41, 5.74) is 4.16. The number of benzene rings is 2. The number of aryl methyl sites for hydroxylation is 2. The fraction of sp³-hybridized carbons (Fsp3) is 0.519. The smallest absolute Gasteiger partial charge is 0.465 e. The van der Waals surface area contributed by atoms with Crippen LogP contribution < -0.4 is 33.6 Å². The summed E-state index contributed by atoms with van der Waals surface area (Å²) >= 11 is 0. The minimum absolute atomic E-state index is 0. The van der Waals surface area contributed by atoms with Crippen LogP contribution in [0, 0.1) is 13.8 Å². The van der Waals surface area contributed by atoms with E-state index in [9.17, 15) is 4.79 Å². The van der Waals surface area contributed by atoms with Crippen LogP contribution in [-0.2, 0) is 14.9 Å². The first-order valence-corrected chi connectivity index (χ1v) is 12.6. The molecule has 0 aromatic heterocycles. The molecule has 2 aromatic rings. The van der Waals surface area contributed by atoms with Gasteiger partial charge in [0.05, 0.1) is 0 Å². The molecule has 0 N–H and O–H groups in total. The molecule has 0 aliphatic carbocycles. The van der Waals surface area contributed by atoms with Gasteiger partial charge in [-0.05, 0) is 84.4 Å². The molecule has 0 heterocycles. The zero-order chi connectivity index (χ0) is 24.8. The predicted molar refractivity (Wildman–Crippen MR) is 137 cm³/mol. The van der Waals surface area contributed by atoms with Crippen LogP contribution in [0.2, 0.25) is 0 Å². The summed E-state index contributed by atoms with van der Waals surface area (Å²) in [6.07, 6.45) is -0.823. The van der Waals surface area contributed by atoms with Gasteiger partial charge in [0.2, 0.25) is 0 Å². The number of hydrogen-bond donors (Lipinski definition) is 0. The first kappa shape index (κ1) is 30.7. The van der Waals surface area contributed by atoms with E-state index in [1.165, 1.54) is 5.56 Å². The Labute approximate surface area is 219 Å². The quantitative estimate of drug-likeness (QED) is 0.280.